The number of hydrogen-bond donors (Lipinski definition) is 1. The molecule has 0 aliphatic carbocycles. The lowest BCUT2D eigenvalue weighted by Gasteiger charge is -2.09. The minimum Gasteiger partial charge on any atom is -0.462 e. The number of esters is 2. The van der Waals surface area contributed by atoms with Crippen LogP contribution in [-0.2, 0) is 9.47 Å². The topological polar surface area (TPSA) is 81.7 Å². The molecule has 1 aromatic carbocycles. The zero-order chi connectivity index (χ0) is 19.3. The number of carbonyl (C=O) groups is 3. The summed E-state index contributed by atoms with van der Waals surface area (Å²) in [5.74, 6) is -1.89. The standard InChI is InChI=1S/C17H15Cl2NO5S/c1-3-24-16(22)10-8-26-15(13(10)17(23)25-4-2)20-14(21)9-5-6-11(18)12(19)7-9/h5-8H,3-4H2,1-2H3,(H,20,21). The summed E-state index contributed by atoms with van der Waals surface area (Å²) < 4.78 is 9.93. The monoisotopic (exact) mass is 415 g/mol. The van der Waals surface area contributed by atoms with Crippen LogP contribution in [0.2, 0.25) is 10.0 Å². The van der Waals surface area contributed by atoms with Crippen molar-refractivity contribution in [3.05, 3.63) is 50.3 Å². The minimum absolute atomic E-state index is 0.0382. The van der Waals surface area contributed by atoms with Gasteiger partial charge in [0.25, 0.3) is 5.91 Å². The quantitative estimate of drug-likeness (QED) is 0.693. The highest BCUT2D eigenvalue weighted by molar-refractivity contribution is 7.15. The molecule has 0 radical (unpaired) electrons. The van der Waals surface area contributed by atoms with Crippen molar-refractivity contribution in [2.45, 2.75) is 13.8 Å². The smallest absolute Gasteiger partial charge is 0.342 e. The molecular formula is C17H15Cl2NO5S. The van der Waals surface area contributed by atoms with Crippen molar-refractivity contribution in [1.29, 1.82) is 0 Å². The second-order valence-corrected chi connectivity index (χ2v) is 6.57. The van der Waals surface area contributed by atoms with Crippen LogP contribution in [0.4, 0.5) is 5.00 Å². The van der Waals surface area contributed by atoms with Crippen LogP contribution < -0.4 is 5.32 Å². The summed E-state index contributed by atoms with van der Waals surface area (Å²) in [7, 11) is 0. The van der Waals surface area contributed by atoms with Gasteiger partial charge < -0.3 is 14.8 Å². The van der Waals surface area contributed by atoms with Gasteiger partial charge in [-0.25, -0.2) is 9.59 Å². The second kappa shape index (κ2) is 9.02. The molecule has 0 saturated heterocycles. The van der Waals surface area contributed by atoms with E-state index in [1.807, 2.05) is 0 Å². The molecule has 0 atom stereocenters. The van der Waals surface area contributed by atoms with E-state index in [4.69, 9.17) is 32.7 Å². The summed E-state index contributed by atoms with van der Waals surface area (Å²) in [6, 6.07) is 4.39. The van der Waals surface area contributed by atoms with E-state index >= 15 is 0 Å². The van der Waals surface area contributed by atoms with E-state index in [0.29, 0.717) is 5.02 Å². The fourth-order valence-electron chi connectivity index (χ4n) is 2.03. The van der Waals surface area contributed by atoms with E-state index in [1.54, 1.807) is 13.8 Å². The molecule has 1 N–H and O–H groups in total. The summed E-state index contributed by atoms with van der Waals surface area (Å²) in [6.07, 6.45) is 0. The zero-order valence-electron chi connectivity index (χ0n) is 13.9. The van der Waals surface area contributed by atoms with E-state index in [2.05, 4.69) is 5.32 Å². The number of nitrogens with one attached hydrogen (secondary N) is 1. The third-order valence-corrected chi connectivity index (χ3v) is 4.81. The fourth-order valence-corrected chi connectivity index (χ4v) is 3.24. The Kier molecular flexibility index (Phi) is 7.02. The minimum atomic E-state index is -0.721. The van der Waals surface area contributed by atoms with Gasteiger partial charge in [0.15, 0.2) is 0 Å². The molecule has 138 valence electrons. The number of thiophene rings is 1. The van der Waals surface area contributed by atoms with Crippen molar-refractivity contribution in [3.8, 4) is 0 Å². The SMILES string of the molecule is CCOC(=O)c1csc(NC(=O)c2ccc(Cl)c(Cl)c2)c1C(=O)OCC. The molecule has 0 unspecified atom stereocenters. The number of rotatable bonds is 6. The molecule has 2 aromatic rings. The number of amides is 1. The maximum atomic E-state index is 12.4. The summed E-state index contributed by atoms with van der Waals surface area (Å²) in [6.45, 7) is 3.57. The number of anilines is 1. The van der Waals surface area contributed by atoms with Crippen LogP contribution in [-0.4, -0.2) is 31.1 Å². The number of hydrogen-bond acceptors (Lipinski definition) is 6. The fraction of sp³-hybridized carbons (Fsp3) is 0.235. The number of ether oxygens (including phenoxy) is 2. The molecule has 0 fully saturated rings. The Balaban J connectivity index is 2.35. The van der Waals surface area contributed by atoms with Gasteiger partial charge in [-0.3, -0.25) is 4.79 Å². The van der Waals surface area contributed by atoms with Crippen LogP contribution in [0.25, 0.3) is 0 Å². The van der Waals surface area contributed by atoms with Crippen LogP contribution in [0.5, 0.6) is 0 Å². The highest BCUT2D eigenvalue weighted by Crippen LogP contribution is 2.31. The third-order valence-electron chi connectivity index (χ3n) is 3.17. The van der Waals surface area contributed by atoms with E-state index in [0.717, 1.165) is 11.3 Å². The average molecular weight is 416 g/mol. The molecule has 9 heteroatoms. The van der Waals surface area contributed by atoms with Crippen molar-refractivity contribution in [2.24, 2.45) is 0 Å². The van der Waals surface area contributed by atoms with Crippen LogP contribution in [0.1, 0.15) is 44.9 Å². The first kappa shape index (κ1) is 20.2. The molecule has 0 spiro atoms. The Morgan fingerprint density at radius 2 is 1.69 bits per heavy atom. The molecule has 26 heavy (non-hydrogen) atoms. The maximum Gasteiger partial charge on any atom is 0.342 e. The first-order valence-electron chi connectivity index (χ1n) is 7.61. The molecule has 0 bridgehead atoms. The van der Waals surface area contributed by atoms with Crippen LogP contribution in [0.15, 0.2) is 23.6 Å². The van der Waals surface area contributed by atoms with E-state index in [-0.39, 0.29) is 39.9 Å². The summed E-state index contributed by atoms with van der Waals surface area (Å²) >= 11 is 12.8. The van der Waals surface area contributed by atoms with Crippen molar-refractivity contribution in [1.82, 2.24) is 0 Å². The molecule has 1 amide bonds. The first-order chi connectivity index (χ1) is 12.4. The van der Waals surface area contributed by atoms with Gasteiger partial charge >= 0.3 is 11.9 Å². The lowest BCUT2D eigenvalue weighted by Crippen LogP contribution is -2.17. The summed E-state index contributed by atoms with van der Waals surface area (Å²) in [4.78, 5) is 36.8. The molecular weight excluding hydrogens is 401 g/mol. The van der Waals surface area contributed by atoms with E-state index in [9.17, 15) is 14.4 Å². The highest BCUT2D eigenvalue weighted by atomic mass is 35.5. The Labute approximate surface area is 164 Å². The summed E-state index contributed by atoms with van der Waals surface area (Å²) in [5.41, 5.74) is 0.253. The number of benzene rings is 1. The average Bonchev–Trinajstić information content (AvgIpc) is 3.01. The summed E-state index contributed by atoms with van der Waals surface area (Å²) in [5, 5.41) is 4.76. The molecule has 6 nitrogen and oxygen atoms in total. The number of halogens is 2. The van der Waals surface area contributed by atoms with Crippen LogP contribution in [0, 0.1) is 0 Å². The largest absolute Gasteiger partial charge is 0.462 e. The van der Waals surface area contributed by atoms with Crippen molar-refractivity contribution in [3.63, 3.8) is 0 Å². The Hall–Kier alpha value is -2.09. The Morgan fingerprint density at radius 1 is 1.04 bits per heavy atom. The van der Waals surface area contributed by atoms with Crippen LogP contribution in [0.3, 0.4) is 0 Å². The zero-order valence-corrected chi connectivity index (χ0v) is 16.3. The van der Waals surface area contributed by atoms with Gasteiger partial charge in [-0.05, 0) is 32.0 Å². The normalized spacial score (nSPS) is 10.3. The van der Waals surface area contributed by atoms with Crippen LogP contribution >= 0.6 is 34.5 Å². The van der Waals surface area contributed by atoms with Crippen molar-refractivity contribution >= 4 is 57.4 Å². The Bertz CT molecular complexity index is 850. The molecule has 0 aliphatic rings. The van der Waals surface area contributed by atoms with Gasteiger partial charge in [0.05, 0.1) is 28.8 Å². The molecule has 2 rings (SSSR count). The van der Waals surface area contributed by atoms with E-state index in [1.165, 1.54) is 23.6 Å². The molecule has 1 aromatic heterocycles. The molecule has 0 saturated carbocycles. The predicted octanol–water partition coefficient (Wildman–Crippen LogP) is 4.66. The Morgan fingerprint density at radius 3 is 2.31 bits per heavy atom. The lowest BCUT2D eigenvalue weighted by atomic mass is 10.1. The van der Waals surface area contributed by atoms with Gasteiger partial charge in [0.1, 0.15) is 10.6 Å². The maximum absolute atomic E-state index is 12.4. The van der Waals surface area contributed by atoms with Gasteiger partial charge in [-0.2, -0.15) is 0 Å². The van der Waals surface area contributed by atoms with Gasteiger partial charge in [-0.1, -0.05) is 23.2 Å². The van der Waals surface area contributed by atoms with Crippen molar-refractivity contribution in [2.75, 3.05) is 18.5 Å². The molecule has 0 aliphatic heterocycles. The van der Waals surface area contributed by atoms with Crippen molar-refractivity contribution < 1.29 is 23.9 Å². The predicted molar refractivity (Wildman–Crippen MR) is 101 cm³/mol. The molecule has 1 heterocycles. The van der Waals surface area contributed by atoms with Gasteiger partial charge in [-0.15, -0.1) is 11.3 Å². The third kappa shape index (κ3) is 4.55. The first-order valence-corrected chi connectivity index (χ1v) is 9.24. The van der Waals surface area contributed by atoms with Gasteiger partial charge in [0, 0.05) is 10.9 Å². The second-order valence-electron chi connectivity index (χ2n) is 4.88. The lowest BCUT2D eigenvalue weighted by molar-refractivity contribution is 0.0481. The highest BCUT2D eigenvalue weighted by Gasteiger charge is 2.26. The van der Waals surface area contributed by atoms with E-state index < -0.39 is 17.8 Å². The van der Waals surface area contributed by atoms with Gasteiger partial charge in [0.2, 0.25) is 0 Å². The number of carbonyl (C=O) groups excluding carboxylic acids is 3.